The van der Waals surface area contributed by atoms with Gasteiger partial charge in [-0.05, 0) is 70.2 Å². The molecule has 146 valence electrons. The van der Waals surface area contributed by atoms with Gasteiger partial charge in [0.2, 0.25) is 0 Å². The number of hydrogen-bond donors (Lipinski definition) is 0. The van der Waals surface area contributed by atoms with Crippen molar-refractivity contribution in [2.75, 3.05) is 13.2 Å². The zero-order valence-corrected chi connectivity index (χ0v) is 17.6. The molecule has 2 aliphatic rings. The van der Waals surface area contributed by atoms with Gasteiger partial charge >= 0.3 is 0 Å². The van der Waals surface area contributed by atoms with Crippen molar-refractivity contribution >= 4 is 11.6 Å². The summed E-state index contributed by atoms with van der Waals surface area (Å²) in [6, 6.07) is 6.76. The van der Waals surface area contributed by atoms with Crippen molar-refractivity contribution < 1.29 is 4.74 Å². The van der Waals surface area contributed by atoms with Crippen molar-refractivity contribution in [1.29, 1.82) is 0 Å². The Bertz CT molecular complexity index is 825. The highest BCUT2D eigenvalue weighted by molar-refractivity contribution is 6.30. The highest BCUT2D eigenvalue weighted by atomic mass is 35.5. The highest BCUT2D eigenvalue weighted by Gasteiger charge is 2.43. The van der Waals surface area contributed by atoms with Gasteiger partial charge in [0, 0.05) is 35.9 Å². The SMILES string of the molecule is C[C@H]1C[C@@]2(CCN1Cc1cnn(C(C)(C)C)c1)OCCc1ccc(Cl)cc12. The van der Waals surface area contributed by atoms with Crippen molar-refractivity contribution in [2.45, 2.75) is 70.7 Å². The molecule has 0 saturated carbocycles. The summed E-state index contributed by atoms with van der Waals surface area (Å²) in [4.78, 5) is 2.55. The largest absolute Gasteiger partial charge is 0.370 e. The number of nitrogens with zero attached hydrogens (tertiary/aromatic N) is 3. The number of ether oxygens (including phenoxy) is 1. The molecule has 0 amide bonds. The van der Waals surface area contributed by atoms with Crippen LogP contribution < -0.4 is 0 Å². The van der Waals surface area contributed by atoms with E-state index >= 15 is 0 Å². The Labute approximate surface area is 167 Å². The van der Waals surface area contributed by atoms with E-state index in [9.17, 15) is 0 Å². The molecule has 1 spiro atoms. The first-order chi connectivity index (χ1) is 12.8. The second kappa shape index (κ2) is 6.91. The third-order valence-electron chi connectivity index (χ3n) is 6.07. The zero-order chi connectivity index (χ0) is 19.2. The van der Waals surface area contributed by atoms with Crippen molar-refractivity contribution in [3.8, 4) is 0 Å². The Kier molecular flexibility index (Phi) is 4.86. The summed E-state index contributed by atoms with van der Waals surface area (Å²) in [7, 11) is 0. The van der Waals surface area contributed by atoms with Gasteiger partial charge in [0.15, 0.2) is 0 Å². The second-order valence-corrected chi connectivity index (χ2v) is 9.57. The van der Waals surface area contributed by atoms with Gasteiger partial charge in [-0.1, -0.05) is 17.7 Å². The Hall–Kier alpha value is -1.36. The molecule has 3 heterocycles. The van der Waals surface area contributed by atoms with Crippen LogP contribution in [0.3, 0.4) is 0 Å². The molecule has 0 N–H and O–H groups in total. The molecule has 5 heteroatoms. The van der Waals surface area contributed by atoms with E-state index in [0.29, 0.717) is 6.04 Å². The van der Waals surface area contributed by atoms with Crippen LogP contribution in [0.4, 0.5) is 0 Å². The van der Waals surface area contributed by atoms with Crippen LogP contribution in [0.25, 0.3) is 0 Å². The van der Waals surface area contributed by atoms with Gasteiger partial charge in [0.25, 0.3) is 0 Å². The first-order valence-corrected chi connectivity index (χ1v) is 10.4. The fourth-order valence-electron chi connectivity index (χ4n) is 4.53. The van der Waals surface area contributed by atoms with E-state index in [-0.39, 0.29) is 11.1 Å². The van der Waals surface area contributed by atoms with E-state index in [4.69, 9.17) is 16.3 Å². The average molecular weight is 388 g/mol. The predicted molar refractivity (Wildman–Crippen MR) is 109 cm³/mol. The van der Waals surface area contributed by atoms with Crippen molar-refractivity contribution in [1.82, 2.24) is 14.7 Å². The number of fused-ring (bicyclic) bond motifs is 2. The second-order valence-electron chi connectivity index (χ2n) is 9.13. The molecule has 2 aliphatic heterocycles. The molecule has 0 bridgehead atoms. The average Bonchev–Trinajstić information content (AvgIpc) is 3.07. The zero-order valence-electron chi connectivity index (χ0n) is 16.8. The van der Waals surface area contributed by atoms with Crippen LogP contribution >= 0.6 is 11.6 Å². The van der Waals surface area contributed by atoms with Gasteiger partial charge in [-0.2, -0.15) is 5.10 Å². The molecule has 0 aliphatic carbocycles. The summed E-state index contributed by atoms with van der Waals surface area (Å²) in [5.41, 5.74) is 3.84. The quantitative estimate of drug-likeness (QED) is 0.745. The van der Waals surface area contributed by atoms with Crippen molar-refractivity contribution in [3.63, 3.8) is 0 Å². The summed E-state index contributed by atoms with van der Waals surface area (Å²) in [6.07, 6.45) is 7.20. The molecule has 1 aromatic heterocycles. The maximum absolute atomic E-state index is 6.40. The molecule has 0 unspecified atom stereocenters. The van der Waals surface area contributed by atoms with Gasteiger partial charge in [-0.25, -0.2) is 0 Å². The van der Waals surface area contributed by atoms with E-state index < -0.39 is 0 Å². The van der Waals surface area contributed by atoms with E-state index in [1.807, 2.05) is 12.3 Å². The molecule has 27 heavy (non-hydrogen) atoms. The predicted octanol–water partition coefficient (Wildman–Crippen LogP) is 4.74. The minimum atomic E-state index is -0.177. The fourth-order valence-corrected chi connectivity index (χ4v) is 4.70. The molecular formula is C22H30ClN3O. The van der Waals surface area contributed by atoms with Gasteiger partial charge < -0.3 is 4.74 Å². The van der Waals surface area contributed by atoms with E-state index in [1.165, 1.54) is 16.7 Å². The summed E-state index contributed by atoms with van der Waals surface area (Å²) in [5.74, 6) is 0. The maximum atomic E-state index is 6.40. The van der Waals surface area contributed by atoms with Crippen LogP contribution in [0.2, 0.25) is 5.02 Å². The van der Waals surface area contributed by atoms with Gasteiger partial charge in [-0.15, -0.1) is 0 Å². The standard InChI is InChI=1S/C22H30ClN3O/c1-16-12-22(20-11-19(23)6-5-18(20)7-10-27-22)8-9-25(16)14-17-13-24-26(15-17)21(2,3)4/h5-6,11,13,15-16H,7-10,12,14H2,1-4H3/t16-,22+/m0/s1. The van der Waals surface area contributed by atoms with Crippen molar-refractivity contribution in [2.24, 2.45) is 0 Å². The summed E-state index contributed by atoms with van der Waals surface area (Å²) in [6.45, 7) is 11.6. The lowest BCUT2D eigenvalue weighted by Gasteiger charge is -2.48. The van der Waals surface area contributed by atoms with Gasteiger partial charge in [0.1, 0.15) is 0 Å². The number of aromatic nitrogens is 2. The van der Waals surface area contributed by atoms with Crippen LogP contribution in [0.1, 0.15) is 57.2 Å². The van der Waals surface area contributed by atoms with E-state index in [1.54, 1.807) is 0 Å². The first-order valence-electron chi connectivity index (χ1n) is 9.98. The molecular weight excluding hydrogens is 358 g/mol. The molecule has 4 nitrogen and oxygen atoms in total. The van der Waals surface area contributed by atoms with Crippen LogP contribution in [-0.4, -0.2) is 33.9 Å². The third-order valence-corrected chi connectivity index (χ3v) is 6.31. The molecule has 1 fully saturated rings. The third kappa shape index (κ3) is 3.67. The van der Waals surface area contributed by atoms with E-state index in [2.05, 4.69) is 60.7 Å². The van der Waals surface area contributed by atoms with Gasteiger partial charge in [-0.3, -0.25) is 9.58 Å². The van der Waals surface area contributed by atoms with Crippen LogP contribution in [-0.2, 0) is 28.8 Å². The minimum absolute atomic E-state index is 0.0226. The molecule has 1 aromatic carbocycles. The minimum Gasteiger partial charge on any atom is -0.370 e. The normalized spacial score (nSPS) is 26.3. The lowest BCUT2D eigenvalue weighted by Crippen LogP contribution is -2.50. The number of halogens is 1. The van der Waals surface area contributed by atoms with E-state index in [0.717, 1.165) is 44.0 Å². The number of benzene rings is 1. The molecule has 4 rings (SSSR count). The van der Waals surface area contributed by atoms with Crippen LogP contribution in [0.15, 0.2) is 30.6 Å². The number of piperidine rings is 1. The Morgan fingerprint density at radius 2 is 2.15 bits per heavy atom. The molecule has 1 saturated heterocycles. The Morgan fingerprint density at radius 1 is 1.33 bits per heavy atom. The molecule has 2 atom stereocenters. The molecule has 2 aromatic rings. The monoisotopic (exact) mass is 387 g/mol. The smallest absolute Gasteiger partial charge is 0.0961 e. The van der Waals surface area contributed by atoms with Gasteiger partial charge in [0.05, 0.1) is 23.9 Å². The van der Waals surface area contributed by atoms with Crippen molar-refractivity contribution in [3.05, 3.63) is 52.3 Å². The Balaban J connectivity index is 1.51. The number of rotatable bonds is 2. The number of likely N-dealkylation sites (tertiary alicyclic amines) is 1. The Morgan fingerprint density at radius 3 is 2.85 bits per heavy atom. The lowest BCUT2D eigenvalue weighted by atomic mass is 9.77. The lowest BCUT2D eigenvalue weighted by molar-refractivity contribution is -0.113. The summed E-state index contributed by atoms with van der Waals surface area (Å²) >= 11 is 6.32. The highest BCUT2D eigenvalue weighted by Crippen LogP contribution is 2.44. The molecule has 0 radical (unpaired) electrons. The first kappa shape index (κ1) is 19.0. The maximum Gasteiger partial charge on any atom is 0.0961 e. The number of hydrogen-bond acceptors (Lipinski definition) is 3. The topological polar surface area (TPSA) is 30.3 Å². The summed E-state index contributed by atoms with van der Waals surface area (Å²) in [5, 5.41) is 5.36. The van der Waals surface area contributed by atoms with Crippen LogP contribution in [0.5, 0.6) is 0 Å². The van der Waals surface area contributed by atoms with Crippen LogP contribution in [0, 0.1) is 0 Å². The fraction of sp³-hybridized carbons (Fsp3) is 0.591. The summed E-state index contributed by atoms with van der Waals surface area (Å²) < 4.78 is 8.46.